The topological polar surface area (TPSA) is 49.2 Å². The van der Waals surface area contributed by atoms with Crippen LogP contribution in [0.15, 0.2) is 18.5 Å². The number of aliphatic hydroxyl groups is 1. The number of halogens is 2. The minimum atomic E-state index is -0.276. The maximum atomic E-state index is 9.61. The summed E-state index contributed by atoms with van der Waals surface area (Å²) in [4.78, 5) is 10.7. The number of pyridine rings is 2. The first kappa shape index (κ1) is 12.4. The lowest BCUT2D eigenvalue weighted by atomic mass is 10.0. The van der Waals surface area contributed by atoms with E-state index < -0.39 is 0 Å². The molecule has 1 aliphatic rings. The SMILES string of the molecule is C[C@H]1C(O)CN1c1ncc(I)c2cc(Cl)ncc12. The molecule has 4 nitrogen and oxygen atoms in total. The average molecular weight is 376 g/mol. The van der Waals surface area contributed by atoms with Crippen LogP contribution in [0.4, 0.5) is 5.82 Å². The number of aromatic nitrogens is 2. The molecule has 0 radical (unpaired) electrons. The van der Waals surface area contributed by atoms with E-state index >= 15 is 0 Å². The van der Waals surface area contributed by atoms with Crippen LogP contribution in [0.2, 0.25) is 5.15 Å². The van der Waals surface area contributed by atoms with E-state index in [0.29, 0.717) is 11.7 Å². The normalized spacial score (nSPS) is 23.2. The van der Waals surface area contributed by atoms with Crippen molar-refractivity contribution in [2.24, 2.45) is 0 Å². The Kier molecular flexibility index (Phi) is 3.07. The van der Waals surface area contributed by atoms with Gasteiger partial charge in [-0.15, -0.1) is 0 Å². The van der Waals surface area contributed by atoms with Crippen LogP contribution in [0.1, 0.15) is 6.92 Å². The van der Waals surface area contributed by atoms with Crippen molar-refractivity contribution >= 4 is 50.8 Å². The van der Waals surface area contributed by atoms with E-state index in [4.69, 9.17) is 11.6 Å². The van der Waals surface area contributed by atoms with E-state index in [1.54, 1.807) is 6.20 Å². The molecule has 2 aromatic rings. The molecule has 1 aliphatic heterocycles. The molecule has 1 fully saturated rings. The van der Waals surface area contributed by atoms with Gasteiger partial charge in [0, 0.05) is 33.3 Å². The molecule has 94 valence electrons. The van der Waals surface area contributed by atoms with Crippen molar-refractivity contribution in [1.29, 1.82) is 0 Å². The molecule has 0 aromatic carbocycles. The molecule has 0 spiro atoms. The summed E-state index contributed by atoms with van der Waals surface area (Å²) in [6.07, 6.45) is 3.30. The van der Waals surface area contributed by atoms with Gasteiger partial charge in [-0.05, 0) is 35.6 Å². The zero-order valence-corrected chi connectivity index (χ0v) is 12.6. The lowest BCUT2D eigenvalue weighted by Crippen LogP contribution is -2.59. The molecule has 0 amide bonds. The van der Waals surface area contributed by atoms with E-state index in [1.165, 1.54) is 0 Å². The molecule has 3 heterocycles. The van der Waals surface area contributed by atoms with Crippen molar-refractivity contribution in [1.82, 2.24) is 9.97 Å². The second kappa shape index (κ2) is 4.47. The Balaban J connectivity index is 2.16. The Hall–Kier alpha value is -0.660. The highest BCUT2D eigenvalue weighted by Gasteiger charge is 2.35. The first-order valence-corrected chi connectivity index (χ1v) is 7.08. The molecule has 2 aromatic heterocycles. The molecule has 2 atom stereocenters. The van der Waals surface area contributed by atoms with Gasteiger partial charge in [-0.2, -0.15) is 0 Å². The number of aliphatic hydroxyl groups excluding tert-OH is 1. The molecule has 1 N–H and O–H groups in total. The van der Waals surface area contributed by atoms with Gasteiger partial charge in [-0.1, -0.05) is 11.6 Å². The van der Waals surface area contributed by atoms with Crippen LogP contribution in [0.3, 0.4) is 0 Å². The molecule has 1 unspecified atom stereocenters. The standard InChI is InChI=1S/C12H11ClIN3O/c1-6-10(18)5-17(6)12-8-3-15-11(13)2-7(8)9(14)4-16-12/h2-4,6,10,18H,5H2,1H3/t6-,10?/m0/s1. The van der Waals surface area contributed by atoms with Crippen molar-refractivity contribution < 1.29 is 5.11 Å². The van der Waals surface area contributed by atoms with Gasteiger partial charge in [0.2, 0.25) is 0 Å². The van der Waals surface area contributed by atoms with Gasteiger partial charge in [-0.25, -0.2) is 9.97 Å². The quantitative estimate of drug-likeness (QED) is 0.614. The molecule has 0 bridgehead atoms. The minimum Gasteiger partial charge on any atom is -0.389 e. The third-order valence-corrected chi connectivity index (χ3v) is 4.44. The number of anilines is 1. The summed E-state index contributed by atoms with van der Waals surface area (Å²) in [5, 5.41) is 12.1. The van der Waals surface area contributed by atoms with Crippen molar-refractivity contribution in [3.8, 4) is 0 Å². The molecular weight excluding hydrogens is 365 g/mol. The molecule has 3 rings (SSSR count). The van der Waals surface area contributed by atoms with Crippen LogP contribution in [-0.2, 0) is 0 Å². The van der Waals surface area contributed by atoms with Crippen molar-refractivity contribution in [3.63, 3.8) is 0 Å². The number of hydrogen-bond donors (Lipinski definition) is 1. The van der Waals surface area contributed by atoms with E-state index in [9.17, 15) is 5.11 Å². The Labute approximate surface area is 123 Å². The molecule has 6 heteroatoms. The van der Waals surface area contributed by atoms with Crippen LogP contribution in [0.25, 0.3) is 10.8 Å². The molecular formula is C12H11ClIN3O. The van der Waals surface area contributed by atoms with E-state index in [2.05, 4.69) is 37.5 Å². The Morgan fingerprint density at radius 1 is 1.39 bits per heavy atom. The third-order valence-electron chi connectivity index (χ3n) is 3.37. The van der Waals surface area contributed by atoms with Crippen LogP contribution in [0, 0.1) is 3.57 Å². The van der Waals surface area contributed by atoms with E-state index in [1.807, 2.05) is 19.2 Å². The zero-order chi connectivity index (χ0) is 12.9. The number of nitrogens with zero attached hydrogens (tertiary/aromatic N) is 3. The highest BCUT2D eigenvalue weighted by Crippen LogP contribution is 2.33. The summed E-state index contributed by atoms with van der Waals surface area (Å²) in [6, 6.07) is 1.95. The number of hydrogen-bond acceptors (Lipinski definition) is 4. The maximum Gasteiger partial charge on any atom is 0.138 e. The zero-order valence-electron chi connectivity index (χ0n) is 9.64. The molecule has 1 saturated heterocycles. The summed E-state index contributed by atoms with van der Waals surface area (Å²) in [5.41, 5.74) is 0. The molecule has 0 saturated carbocycles. The van der Waals surface area contributed by atoms with Crippen LogP contribution in [0.5, 0.6) is 0 Å². The fourth-order valence-electron chi connectivity index (χ4n) is 2.16. The monoisotopic (exact) mass is 375 g/mol. The Morgan fingerprint density at radius 3 is 2.83 bits per heavy atom. The summed E-state index contributed by atoms with van der Waals surface area (Å²) in [7, 11) is 0. The van der Waals surface area contributed by atoms with Gasteiger partial charge in [0.05, 0.1) is 12.1 Å². The predicted octanol–water partition coefficient (Wildman–Crippen LogP) is 2.46. The number of β-amino-alcohol motifs (C(OH)–C–C–N with tert-alkyl or cyclic N) is 1. The number of rotatable bonds is 1. The van der Waals surface area contributed by atoms with Crippen LogP contribution >= 0.6 is 34.2 Å². The minimum absolute atomic E-state index is 0.0939. The summed E-state index contributed by atoms with van der Waals surface area (Å²) >= 11 is 8.17. The van der Waals surface area contributed by atoms with Crippen LogP contribution < -0.4 is 4.90 Å². The third kappa shape index (κ3) is 1.85. The lowest BCUT2D eigenvalue weighted by Gasteiger charge is -2.44. The van der Waals surface area contributed by atoms with E-state index in [-0.39, 0.29) is 12.1 Å². The second-order valence-corrected chi connectivity index (χ2v) is 5.99. The smallest absolute Gasteiger partial charge is 0.138 e. The van der Waals surface area contributed by atoms with Crippen LogP contribution in [-0.4, -0.2) is 33.8 Å². The molecule has 0 aliphatic carbocycles. The summed E-state index contributed by atoms with van der Waals surface area (Å²) in [5.74, 6) is 0.868. The van der Waals surface area contributed by atoms with Gasteiger partial charge >= 0.3 is 0 Å². The average Bonchev–Trinajstić information content (AvgIpc) is 2.37. The second-order valence-electron chi connectivity index (χ2n) is 4.44. The van der Waals surface area contributed by atoms with Gasteiger partial charge in [0.25, 0.3) is 0 Å². The van der Waals surface area contributed by atoms with Crippen molar-refractivity contribution in [3.05, 3.63) is 27.2 Å². The first-order chi connectivity index (χ1) is 8.58. The van der Waals surface area contributed by atoms with Gasteiger partial charge in [0.15, 0.2) is 0 Å². The largest absolute Gasteiger partial charge is 0.389 e. The van der Waals surface area contributed by atoms with Crippen molar-refractivity contribution in [2.75, 3.05) is 11.4 Å². The first-order valence-electron chi connectivity index (χ1n) is 5.62. The highest BCUT2D eigenvalue weighted by atomic mass is 127. The highest BCUT2D eigenvalue weighted by molar-refractivity contribution is 14.1. The summed E-state index contributed by atoms with van der Waals surface area (Å²) < 4.78 is 1.05. The van der Waals surface area contributed by atoms with E-state index in [0.717, 1.165) is 20.2 Å². The lowest BCUT2D eigenvalue weighted by molar-refractivity contribution is 0.0990. The van der Waals surface area contributed by atoms with Gasteiger partial charge in [0.1, 0.15) is 11.0 Å². The van der Waals surface area contributed by atoms with Gasteiger partial charge < -0.3 is 10.0 Å². The number of fused-ring (bicyclic) bond motifs is 1. The Morgan fingerprint density at radius 2 is 2.17 bits per heavy atom. The molecule has 18 heavy (non-hydrogen) atoms. The van der Waals surface area contributed by atoms with Crippen molar-refractivity contribution in [2.45, 2.75) is 19.1 Å². The van der Waals surface area contributed by atoms with Gasteiger partial charge in [-0.3, -0.25) is 0 Å². The predicted molar refractivity (Wildman–Crippen MR) is 80.1 cm³/mol. The summed E-state index contributed by atoms with van der Waals surface area (Å²) in [6.45, 7) is 2.61. The fourth-order valence-corrected chi connectivity index (χ4v) is 2.90. The maximum absolute atomic E-state index is 9.61. The Bertz CT molecular complexity index is 622. The fraction of sp³-hybridized carbons (Fsp3) is 0.333.